The number of aliphatic hydroxyl groups is 1. The number of hydrogen-bond acceptors (Lipinski definition) is 6. The maximum Gasteiger partial charge on any atom is 0.300 e. The van der Waals surface area contributed by atoms with E-state index in [0.29, 0.717) is 17.0 Å². The summed E-state index contributed by atoms with van der Waals surface area (Å²) < 4.78 is 15.9. The van der Waals surface area contributed by atoms with Crippen LogP contribution >= 0.6 is 23.2 Å². The van der Waals surface area contributed by atoms with Crippen LogP contribution in [0, 0.1) is 0 Å². The van der Waals surface area contributed by atoms with E-state index in [1.165, 1.54) is 32.3 Å². The zero-order valence-electron chi connectivity index (χ0n) is 19.0. The highest BCUT2D eigenvalue weighted by atomic mass is 35.5. The molecule has 1 saturated heterocycles. The first-order valence-corrected chi connectivity index (χ1v) is 11.2. The number of para-hydroxylation sites is 1. The van der Waals surface area contributed by atoms with Crippen molar-refractivity contribution in [3.05, 3.63) is 87.4 Å². The molecule has 3 aromatic rings. The Bertz CT molecular complexity index is 1320. The van der Waals surface area contributed by atoms with Gasteiger partial charge in [-0.25, -0.2) is 0 Å². The summed E-state index contributed by atoms with van der Waals surface area (Å²) in [6, 6.07) is 16.0. The normalized spacial score (nSPS) is 16.9. The molecule has 1 aliphatic heterocycles. The standard InChI is InChI=1S/C26H21Cl2NO6/c1-33-16-11-9-14(10-12-16)21-19(23(31)26(32)29(21)15-7-5-4-6-8-15)22(30)17-13-18(27)25(35-3)20(28)24(17)34-2/h4-13,21,30H,1-3H3/b22-19+. The number of methoxy groups -OCH3 is 3. The van der Waals surface area contributed by atoms with Gasteiger partial charge in [-0.2, -0.15) is 0 Å². The van der Waals surface area contributed by atoms with Crippen molar-refractivity contribution in [3.63, 3.8) is 0 Å². The number of Topliss-reactive ketones (excluding diaryl/α,β-unsaturated/α-hetero) is 1. The number of ether oxygens (including phenoxy) is 3. The van der Waals surface area contributed by atoms with Crippen molar-refractivity contribution in [1.29, 1.82) is 0 Å². The lowest BCUT2D eigenvalue weighted by atomic mass is 9.94. The molecule has 0 bridgehead atoms. The zero-order valence-corrected chi connectivity index (χ0v) is 20.6. The Labute approximate surface area is 212 Å². The van der Waals surface area contributed by atoms with Gasteiger partial charge in [0.2, 0.25) is 0 Å². The molecule has 35 heavy (non-hydrogen) atoms. The van der Waals surface area contributed by atoms with Gasteiger partial charge in [0, 0.05) is 5.69 Å². The summed E-state index contributed by atoms with van der Waals surface area (Å²) in [5.41, 5.74) is 0.986. The van der Waals surface area contributed by atoms with E-state index in [-0.39, 0.29) is 32.7 Å². The van der Waals surface area contributed by atoms with Crippen LogP contribution < -0.4 is 19.1 Å². The third kappa shape index (κ3) is 4.17. The smallest absolute Gasteiger partial charge is 0.300 e. The van der Waals surface area contributed by atoms with Crippen LogP contribution in [0.2, 0.25) is 10.0 Å². The number of benzene rings is 3. The van der Waals surface area contributed by atoms with Gasteiger partial charge in [-0.05, 0) is 35.9 Å². The second-order valence-corrected chi connectivity index (χ2v) is 8.35. The van der Waals surface area contributed by atoms with Crippen molar-refractivity contribution in [1.82, 2.24) is 0 Å². The maximum atomic E-state index is 13.3. The Morgan fingerprint density at radius 2 is 1.51 bits per heavy atom. The average molecular weight is 514 g/mol. The van der Waals surface area contributed by atoms with Gasteiger partial charge in [-0.1, -0.05) is 53.5 Å². The summed E-state index contributed by atoms with van der Waals surface area (Å²) in [7, 11) is 4.28. The fourth-order valence-electron chi connectivity index (χ4n) is 4.08. The summed E-state index contributed by atoms with van der Waals surface area (Å²) in [5, 5.41) is 11.6. The van der Waals surface area contributed by atoms with Crippen molar-refractivity contribution in [2.75, 3.05) is 26.2 Å². The predicted octanol–water partition coefficient (Wildman–Crippen LogP) is 5.65. The molecule has 1 fully saturated rings. The maximum absolute atomic E-state index is 13.3. The van der Waals surface area contributed by atoms with Crippen LogP contribution in [0.4, 0.5) is 5.69 Å². The fourth-order valence-corrected chi connectivity index (χ4v) is 4.77. The highest BCUT2D eigenvalue weighted by molar-refractivity contribution is 6.52. The first kappa shape index (κ1) is 24.4. The van der Waals surface area contributed by atoms with E-state index in [4.69, 9.17) is 37.4 Å². The van der Waals surface area contributed by atoms with Crippen LogP contribution in [0.1, 0.15) is 17.2 Å². The molecule has 4 rings (SSSR count). The predicted molar refractivity (Wildman–Crippen MR) is 134 cm³/mol. The second kappa shape index (κ2) is 9.90. The quantitative estimate of drug-likeness (QED) is 0.260. The number of carbonyl (C=O) groups excluding carboxylic acids is 2. The highest BCUT2D eigenvalue weighted by Crippen LogP contribution is 2.48. The van der Waals surface area contributed by atoms with Gasteiger partial charge in [0.1, 0.15) is 16.5 Å². The Morgan fingerprint density at radius 1 is 0.886 bits per heavy atom. The van der Waals surface area contributed by atoms with E-state index in [1.807, 2.05) is 0 Å². The minimum absolute atomic E-state index is 0.0161. The molecule has 1 unspecified atom stereocenters. The third-order valence-corrected chi connectivity index (χ3v) is 6.33. The summed E-state index contributed by atoms with van der Waals surface area (Å²) in [6.07, 6.45) is 0. The lowest BCUT2D eigenvalue weighted by Gasteiger charge is -2.25. The van der Waals surface area contributed by atoms with Crippen LogP contribution in [-0.2, 0) is 9.59 Å². The Hall–Kier alpha value is -3.68. The van der Waals surface area contributed by atoms with Gasteiger partial charge in [0.05, 0.1) is 43.5 Å². The molecule has 1 N–H and O–H groups in total. The monoisotopic (exact) mass is 513 g/mol. The fraction of sp³-hybridized carbons (Fsp3) is 0.154. The number of aliphatic hydroxyl groups excluding tert-OH is 1. The number of anilines is 1. The van der Waals surface area contributed by atoms with Crippen LogP contribution in [-0.4, -0.2) is 38.1 Å². The first-order chi connectivity index (χ1) is 16.8. The van der Waals surface area contributed by atoms with Crippen molar-refractivity contribution in [2.24, 2.45) is 0 Å². The highest BCUT2D eigenvalue weighted by Gasteiger charge is 2.47. The lowest BCUT2D eigenvalue weighted by molar-refractivity contribution is -0.132. The molecular formula is C26H21Cl2NO6. The van der Waals surface area contributed by atoms with Gasteiger partial charge in [0.15, 0.2) is 11.5 Å². The molecule has 0 aliphatic carbocycles. The largest absolute Gasteiger partial charge is 0.507 e. The number of amides is 1. The Balaban J connectivity index is 2.00. The van der Waals surface area contributed by atoms with Crippen molar-refractivity contribution >= 4 is 46.3 Å². The van der Waals surface area contributed by atoms with Gasteiger partial charge < -0.3 is 19.3 Å². The summed E-state index contributed by atoms with van der Waals surface area (Å²) >= 11 is 12.7. The van der Waals surface area contributed by atoms with Crippen LogP contribution in [0.15, 0.2) is 66.2 Å². The molecule has 1 heterocycles. The van der Waals surface area contributed by atoms with Gasteiger partial charge in [0.25, 0.3) is 11.7 Å². The van der Waals surface area contributed by atoms with E-state index in [2.05, 4.69) is 0 Å². The molecule has 7 nitrogen and oxygen atoms in total. The Morgan fingerprint density at radius 3 is 2.09 bits per heavy atom. The zero-order chi connectivity index (χ0) is 25.3. The molecular weight excluding hydrogens is 493 g/mol. The van der Waals surface area contributed by atoms with Gasteiger partial charge in [-0.15, -0.1) is 0 Å². The molecule has 1 amide bonds. The van der Waals surface area contributed by atoms with E-state index < -0.39 is 23.5 Å². The first-order valence-electron chi connectivity index (χ1n) is 10.4. The van der Waals surface area contributed by atoms with Crippen molar-refractivity contribution < 1.29 is 28.9 Å². The molecule has 9 heteroatoms. The van der Waals surface area contributed by atoms with E-state index in [1.54, 1.807) is 54.6 Å². The Kier molecular flexibility index (Phi) is 6.91. The number of rotatable bonds is 6. The summed E-state index contributed by atoms with van der Waals surface area (Å²) in [5.74, 6) is -1.34. The van der Waals surface area contributed by atoms with Crippen molar-refractivity contribution in [2.45, 2.75) is 6.04 Å². The second-order valence-electron chi connectivity index (χ2n) is 7.56. The van der Waals surface area contributed by atoms with E-state index in [0.717, 1.165) is 0 Å². The SMILES string of the molecule is COc1ccc(C2/C(=C(\O)c3cc(Cl)c(OC)c(Cl)c3OC)C(=O)C(=O)N2c2ccccc2)cc1. The molecule has 1 aliphatic rings. The number of hydrogen-bond donors (Lipinski definition) is 1. The lowest BCUT2D eigenvalue weighted by Crippen LogP contribution is -2.29. The molecule has 0 radical (unpaired) electrons. The van der Waals surface area contributed by atoms with Crippen LogP contribution in [0.3, 0.4) is 0 Å². The number of carbonyl (C=O) groups is 2. The molecule has 1 atom stereocenters. The molecule has 0 saturated carbocycles. The molecule has 180 valence electrons. The third-order valence-electron chi connectivity index (χ3n) is 5.71. The van der Waals surface area contributed by atoms with Gasteiger partial charge in [-0.3, -0.25) is 14.5 Å². The van der Waals surface area contributed by atoms with E-state index >= 15 is 0 Å². The average Bonchev–Trinajstić information content (AvgIpc) is 3.14. The summed E-state index contributed by atoms with van der Waals surface area (Å²) in [4.78, 5) is 27.9. The number of halogens is 2. The minimum atomic E-state index is -0.937. The van der Waals surface area contributed by atoms with Crippen LogP contribution in [0.5, 0.6) is 17.2 Å². The summed E-state index contributed by atoms with van der Waals surface area (Å²) in [6.45, 7) is 0. The minimum Gasteiger partial charge on any atom is -0.507 e. The van der Waals surface area contributed by atoms with E-state index in [9.17, 15) is 14.7 Å². The number of nitrogens with zero attached hydrogens (tertiary/aromatic N) is 1. The van der Waals surface area contributed by atoms with Crippen molar-refractivity contribution in [3.8, 4) is 17.2 Å². The van der Waals surface area contributed by atoms with Gasteiger partial charge >= 0.3 is 0 Å². The topological polar surface area (TPSA) is 85.3 Å². The number of ketones is 1. The molecule has 0 spiro atoms. The molecule has 3 aromatic carbocycles. The molecule has 0 aromatic heterocycles. The van der Waals surface area contributed by atoms with Crippen LogP contribution in [0.25, 0.3) is 5.76 Å².